The maximum atomic E-state index is 4.89. The summed E-state index contributed by atoms with van der Waals surface area (Å²) < 4.78 is 1.26. The Labute approximate surface area is 131 Å². The molecule has 0 fully saturated rings. The number of rotatable bonds is 2. The van der Waals surface area contributed by atoms with Gasteiger partial charge < -0.3 is 12.6 Å². The average molecular weight is 435 g/mol. The second kappa shape index (κ2) is 10.7. The van der Waals surface area contributed by atoms with Crippen LogP contribution in [0.4, 0.5) is 0 Å². The van der Waals surface area contributed by atoms with E-state index in [1.807, 2.05) is 24.5 Å². The van der Waals surface area contributed by atoms with Gasteiger partial charge in [-0.3, -0.25) is 4.98 Å². The molecule has 0 aliphatic heterocycles. The molecule has 0 saturated carbocycles. The molecule has 1 aromatic heterocycles. The molecule has 0 N–H and O–H groups in total. The van der Waals surface area contributed by atoms with Gasteiger partial charge in [-0.15, -0.1) is 16.9 Å². The molecule has 0 aromatic carbocycles. The molecule has 0 spiro atoms. The summed E-state index contributed by atoms with van der Waals surface area (Å²) in [5.41, 5.74) is 0.806. The van der Waals surface area contributed by atoms with Crippen molar-refractivity contribution in [1.29, 1.82) is 0 Å². The zero-order valence-corrected chi connectivity index (χ0v) is 13.5. The molecule has 16 heavy (non-hydrogen) atoms. The molecule has 0 amide bonds. The first-order valence-corrected chi connectivity index (χ1v) is 7.79. The van der Waals surface area contributed by atoms with Gasteiger partial charge in [0.2, 0.25) is 0 Å². The molecule has 0 unspecified atom stereocenters. The van der Waals surface area contributed by atoms with Gasteiger partial charge in [0.1, 0.15) is 3.72 Å². The predicted molar refractivity (Wildman–Crippen MR) is 79.0 cm³/mol. The van der Waals surface area contributed by atoms with Crippen LogP contribution in [0, 0.1) is 0 Å². The van der Waals surface area contributed by atoms with Crippen molar-refractivity contribution in [2.75, 3.05) is 6.26 Å². The Kier molecular flexibility index (Phi) is 11.1. The fraction of sp³-hybridized carbons (Fsp3) is 0.125. The third kappa shape index (κ3) is 7.03. The first-order valence-electron chi connectivity index (χ1n) is 3.79. The molecule has 0 radical (unpaired) electrons. The Morgan fingerprint density at radius 3 is 2.69 bits per heavy atom. The summed E-state index contributed by atoms with van der Waals surface area (Å²) in [4.78, 5) is 4.13. The van der Waals surface area contributed by atoms with Gasteiger partial charge >= 0.3 is 25.2 Å². The van der Waals surface area contributed by atoms with Crippen LogP contribution in [0.15, 0.2) is 34.6 Å². The average Bonchev–Trinajstić information content (AvgIpc) is 2.38. The molecule has 0 aliphatic carbocycles. The monoisotopic (exact) mass is 434 g/mol. The van der Waals surface area contributed by atoms with Crippen molar-refractivity contribution in [3.05, 3.63) is 30.1 Å². The van der Waals surface area contributed by atoms with Crippen molar-refractivity contribution < 1.29 is 15.1 Å². The van der Waals surface area contributed by atoms with E-state index >= 15 is 0 Å². The van der Waals surface area contributed by atoms with Gasteiger partial charge in [0.25, 0.3) is 0 Å². The minimum atomic E-state index is 0.523. The minimum absolute atomic E-state index is 0.523. The summed E-state index contributed by atoms with van der Waals surface area (Å²) in [5.74, 6) is 0. The standard InChI is InChI=1S/C8H8IN3S2.ClH.Cu/c1-14-8(13)12-11-7(9)6-4-2-3-5-10-6;;/h2-5H,1H3,(H,12,13);1H;/q;;+2/p-2. The van der Waals surface area contributed by atoms with Gasteiger partial charge in [0, 0.05) is 6.20 Å². The van der Waals surface area contributed by atoms with Gasteiger partial charge in [0.15, 0.2) is 0 Å². The van der Waals surface area contributed by atoms with E-state index in [1.54, 1.807) is 6.20 Å². The van der Waals surface area contributed by atoms with E-state index < -0.39 is 0 Å². The third-order valence-corrected chi connectivity index (χ3v) is 3.05. The van der Waals surface area contributed by atoms with Crippen molar-refractivity contribution in [3.8, 4) is 0 Å². The summed E-state index contributed by atoms with van der Waals surface area (Å²) >= 11 is 12.0. The number of hydrogen-bond donors (Lipinski definition) is 0. The Morgan fingerprint density at radius 1 is 1.50 bits per heavy atom. The quantitative estimate of drug-likeness (QED) is 0.179. The van der Waals surface area contributed by atoms with Crippen LogP contribution in [0.5, 0.6) is 0 Å². The molecule has 0 atom stereocenters. The van der Waals surface area contributed by atoms with Crippen LogP contribution in [-0.2, 0) is 27.7 Å². The fourth-order valence-corrected chi connectivity index (χ4v) is 1.25. The predicted octanol–water partition coefficient (Wildman–Crippen LogP) is 3.13. The molecule has 1 aromatic rings. The number of nitrogens with zero attached hydrogens (tertiary/aromatic N) is 3. The van der Waals surface area contributed by atoms with Crippen LogP contribution in [0.1, 0.15) is 5.69 Å². The Morgan fingerprint density at radius 2 is 2.19 bits per heavy atom. The summed E-state index contributed by atoms with van der Waals surface area (Å²) in [6.45, 7) is 0. The molecule has 1 rings (SSSR count). The van der Waals surface area contributed by atoms with E-state index in [9.17, 15) is 0 Å². The molecule has 91 valence electrons. The molecule has 8 heteroatoms. The van der Waals surface area contributed by atoms with Crippen LogP contribution in [-0.4, -0.2) is 19.3 Å². The SMILES string of the molecule is CSC([S-])=NN=C(I)c1ccccn1.[Cl][Cu+]. The molecule has 1 heterocycles. The van der Waals surface area contributed by atoms with Crippen molar-refractivity contribution in [2.45, 2.75) is 0 Å². The molecular weight excluding hydrogens is 428 g/mol. The van der Waals surface area contributed by atoms with Crippen molar-refractivity contribution in [1.82, 2.24) is 4.98 Å². The molecular formula is C8H7ClCuIN3S2. The van der Waals surface area contributed by atoms with E-state index in [2.05, 4.69) is 63.0 Å². The van der Waals surface area contributed by atoms with E-state index in [0.717, 1.165) is 9.41 Å². The Hall–Kier alpha value is 0.599. The number of hydrogen-bond acceptors (Lipinski definition) is 5. The summed E-state index contributed by atoms with van der Waals surface area (Å²) in [5, 5.41) is 7.82. The normalized spacial score (nSPS) is 11.8. The fourth-order valence-electron chi connectivity index (χ4n) is 0.662. The second-order valence-electron chi connectivity index (χ2n) is 2.18. The van der Waals surface area contributed by atoms with Crippen molar-refractivity contribution in [3.63, 3.8) is 0 Å². The van der Waals surface area contributed by atoms with Crippen molar-refractivity contribution in [2.24, 2.45) is 10.2 Å². The maximum absolute atomic E-state index is 4.89. The summed E-state index contributed by atoms with van der Waals surface area (Å²) in [7, 11) is 4.20. The summed E-state index contributed by atoms with van der Waals surface area (Å²) in [6, 6.07) is 5.64. The molecule has 3 nitrogen and oxygen atoms in total. The zero-order valence-electron chi connectivity index (χ0n) is 8.02. The molecule has 0 aliphatic rings. The topological polar surface area (TPSA) is 37.6 Å². The Bertz CT molecular complexity index is 362. The van der Waals surface area contributed by atoms with Crippen LogP contribution < -0.4 is 0 Å². The van der Waals surface area contributed by atoms with Crippen LogP contribution in [0.2, 0.25) is 0 Å². The molecule has 0 saturated heterocycles. The van der Waals surface area contributed by atoms with E-state index in [4.69, 9.17) is 12.6 Å². The van der Waals surface area contributed by atoms with Crippen LogP contribution in [0.3, 0.4) is 0 Å². The van der Waals surface area contributed by atoms with Gasteiger partial charge in [-0.1, -0.05) is 6.07 Å². The first-order chi connectivity index (χ1) is 7.74. The van der Waals surface area contributed by atoms with E-state index in [0.29, 0.717) is 4.38 Å². The number of halogens is 2. The number of pyridine rings is 1. The first kappa shape index (κ1) is 16.6. The van der Waals surface area contributed by atoms with Gasteiger partial charge in [-0.25, -0.2) is 0 Å². The summed E-state index contributed by atoms with van der Waals surface area (Å²) in [6.07, 6.45) is 3.59. The number of aromatic nitrogens is 1. The number of thioether (sulfide) groups is 1. The Balaban J connectivity index is 0.00000106. The third-order valence-electron chi connectivity index (χ3n) is 1.27. The molecule has 0 bridgehead atoms. The van der Waals surface area contributed by atoms with Gasteiger partial charge in [-0.2, -0.15) is 5.10 Å². The van der Waals surface area contributed by atoms with Crippen LogP contribution in [0.25, 0.3) is 0 Å². The van der Waals surface area contributed by atoms with Gasteiger partial charge in [0.05, 0.1) is 5.69 Å². The van der Waals surface area contributed by atoms with E-state index in [-0.39, 0.29) is 0 Å². The van der Waals surface area contributed by atoms with E-state index in [1.165, 1.54) is 11.8 Å². The van der Waals surface area contributed by atoms with Gasteiger partial charge in [-0.05, 0) is 45.4 Å². The van der Waals surface area contributed by atoms with Crippen LogP contribution >= 0.6 is 44.5 Å². The van der Waals surface area contributed by atoms with Crippen molar-refractivity contribution >= 4 is 65.2 Å². The zero-order chi connectivity index (χ0) is 12.4. The second-order valence-corrected chi connectivity index (χ2v) is 4.64.